The van der Waals surface area contributed by atoms with Crippen LogP contribution in [-0.2, 0) is 6.54 Å². The number of carboxylic acid groups (broad SMARTS) is 1. The van der Waals surface area contributed by atoms with Crippen molar-refractivity contribution in [1.82, 2.24) is 10.2 Å². The highest BCUT2D eigenvalue weighted by Crippen LogP contribution is 2.19. The molecule has 0 aliphatic carbocycles. The SMILES string of the molecule is COc1ccc(CNC(=O)N(C)C)cc1C(=O)O. The molecule has 98 valence electrons. The first-order valence-corrected chi connectivity index (χ1v) is 5.31. The van der Waals surface area contributed by atoms with Crippen molar-refractivity contribution in [3.05, 3.63) is 29.3 Å². The molecule has 1 aromatic rings. The van der Waals surface area contributed by atoms with Crippen molar-refractivity contribution in [3.8, 4) is 5.75 Å². The highest BCUT2D eigenvalue weighted by molar-refractivity contribution is 5.91. The number of carbonyl (C=O) groups is 2. The summed E-state index contributed by atoms with van der Waals surface area (Å²) in [6.45, 7) is 0.265. The minimum absolute atomic E-state index is 0.0779. The summed E-state index contributed by atoms with van der Waals surface area (Å²) >= 11 is 0. The number of hydrogen-bond acceptors (Lipinski definition) is 3. The van der Waals surface area contributed by atoms with Crippen LogP contribution >= 0.6 is 0 Å². The van der Waals surface area contributed by atoms with Crippen LogP contribution in [0.25, 0.3) is 0 Å². The van der Waals surface area contributed by atoms with Crippen molar-refractivity contribution in [3.63, 3.8) is 0 Å². The first kappa shape index (κ1) is 13.8. The Morgan fingerprint density at radius 2 is 2.06 bits per heavy atom. The van der Waals surface area contributed by atoms with E-state index in [0.717, 1.165) is 0 Å². The number of methoxy groups -OCH3 is 1. The Bertz CT molecular complexity index is 457. The summed E-state index contributed by atoms with van der Waals surface area (Å²) in [5, 5.41) is 11.7. The second-order valence-corrected chi connectivity index (χ2v) is 3.89. The number of urea groups is 1. The fourth-order valence-corrected chi connectivity index (χ4v) is 1.37. The Labute approximate surface area is 105 Å². The molecule has 2 amide bonds. The molecule has 0 spiro atoms. The fraction of sp³-hybridized carbons (Fsp3) is 0.333. The van der Waals surface area contributed by atoms with Gasteiger partial charge in [-0.3, -0.25) is 0 Å². The molecule has 6 heteroatoms. The molecule has 0 heterocycles. The van der Waals surface area contributed by atoms with Crippen molar-refractivity contribution in [2.45, 2.75) is 6.54 Å². The maximum Gasteiger partial charge on any atom is 0.339 e. The lowest BCUT2D eigenvalue weighted by atomic mass is 10.1. The molecule has 0 saturated heterocycles. The van der Waals surface area contributed by atoms with Gasteiger partial charge in [-0.25, -0.2) is 9.59 Å². The molecule has 0 atom stereocenters. The number of ether oxygens (including phenoxy) is 1. The van der Waals surface area contributed by atoms with E-state index in [1.807, 2.05) is 0 Å². The summed E-state index contributed by atoms with van der Waals surface area (Å²) < 4.78 is 4.95. The van der Waals surface area contributed by atoms with Gasteiger partial charge >= 0.3 is 12.0 Å². The summed E-state index contributed by atoms with van der Waals surface area (Å²) in [4.78, 5) is 23.7. The molecule has 1 rings (SSSR count). The van der Waals surface area contributed by atoms with Gasteiger partial charge in [-0.2, -0.15) is 0 Å². The van der Waals surface area contributed by atoms with Crippen LogP contribution in [0.2, 0.25) is 0 Å². The third-order valence-corrected chi connectivity index (χ3v) is 2.34. The number of nitrogens with zero attached hydrogens (tertiary/aromatic N) is 1. The van der Waals surface area contributed by atoms with Gasteiger partial charge in [0.1, 0.15) is 11.3 Å². The van der Waals surface area contributed by atoms with Gasteiger partial charge in [-0.15, -0.1) is 0 Å². The molecule has 18 heavy (non-hydrogen) atoms. The van der Waals surface area contributed by atoms with Crippen LogP contribution in [0.4, 0.5) is 4.79 Å². The van der Waals surface area contributed by atoms with Gasteiger partial charge in [0.2, 0.25) is 0 Å². The van der Waals surface area contributed by atoms with Gasteiger partial charge in [0.05, 0.1) is 7.11 Å². The van der Waals surface area contributed by atoms with Crippen molar-refractivity contribution in [2.24, 2.45) is 0 Å². The van der Waals surface area contributed by atoms with Crippen LogP contribution in [0, 0.1) is 0 Å². The summed E-state index contributed by atoms with van der Waals surface area (Å²) in [6.07, 6.45) is 0. The monoisotopic (exact) mass is 252 g/mol. The van der Waals surface area contributed by atoms with Gasteiger partial charge in [-0.1, -0.05) is 6.07 Å². The molecule has 0 bridgehead atoms. The summed E-state index contributed by atoms with van der Waals surface area (Å²) in [5.41, 5.74) is 0.775. The summed E-state index contributed by atoms with van der Waals surface area (Å²) in [7, 11) is 4.67. The second-order valence-electron chi connectivity index (χ2n) is 3.89. The highest BCUT2D eigenvalue weighted by Gasteiger charge is 2.12. The molecular formula is C12H16N2O4. The number of carboxylic acids is 1. The zero-order valence-electron chi connectivity index (χ0n) is 10.6. The van der Waals surface area contributed by atoms with Crippen molar-refractivity contribution in [2.75, 3.05) is 21.2 Å². The summed E-state index contributed by atoms with van der Waals surface area (Å²) in [6, 6.07) is 4.53. The third kappa shape index (κ3) is 3.38. The van der Waals surface area contributed by atoms with Crippen LogP contribution in [-0.4, -0.2) is 43.2 Å². The first-order chi connectivity index (χ1) is 8.45. The van der Waals surface area contributed by atoms with E-state index in [0.29, 0.717) is 11.3 Å². The van der Waals surface area contributed by atoms with Crippen LogP contribution < -0.4 is 10.1 Å². The smallest absolute Gasteiger partial charge is 0.339 e. The number of rotatable bonds is 4. The minimum Gasteiger partial charge on any atom is -0.496 e. The molecular weight excluding hydrogens is 236 g/mol. The predicted molar refractivity (Wildman–Crippen MR) is 65.9 cm³/mol. The molecule has 0 radical (unpaired) electrons. The van der Waals surface area contributed by atoms with Gasteiger partial charge < -0.3 is 20.1 Å². The number of benzene rings is 1. The van der Waals surface area contributed by atoms with E-state index in [1.54, 1.807) is 26.2 Å². The van der Waals surface area contributed by atoms with E-state index in [2.05, 4.69) is 5.32 Å². The van der Waals surface area contributed by atoms with E-state index < -0.39 is 5.97 Å². The van der Waals surface area contributed by atoms with E-state index >= 15 is 0 Å². The Morgan fingerprint density at radius 3 is 2.56 bits per heavy atom. The molecule has 6 nitrogen and oxygen atoms in total. The lowest BCUT2D eigenvalue weighted by Gasteiger charge is -2.12. The Balaban J connectivity index is 2.82. The minimum atomic E-state index is -1.06. The lowest BCUT2D eigenvalue weighted by Crippen LogP contribution is -2.33. The zero-order valence-corrected chi connectivity index (χ0v) is 10.6. The molecule has 2 N–H and O–H groups in total. The maximum atomic E-state index is 11.3. The third-order valence-electron chi connectivity index (χ3n) is 2.34. The number of hydrogen-bond donors (Lipinski definition) is 2. The Morgan fingerprint density at radius 1 is 1.39 bits per heavy atom. The molecule has 0 unspecified atom stereocenters. The Kier molecular flexibility index (Phi) is 4.53. The number of nitrogens with one attached hydrogen (secondary N) is 1. The predicted octanol–water partition coefficient (Wildman–Crippen LogP) is 1.16. The van der Waals surface area contributed by atoms with Crippen molar-refractivity contribution < 1.29 is 19.4 Å². The average molecular weight is 252 g/mol. The molecule has 0 aliphatic rings. The van der Waals surface area contributed by atoms with Crippen LogP contribution in [0.5, 0.6) is 5.75 Å². The van der Waals surface area contributed by atoms with Crippen LogP contribution in [0.1, 0.15) is 15.9 Å². The lowest BCUT2D eigenvalue weighted by molar-refractivity contribution is 0.0693. The standard InChI is InChI=1S/C12H16N2O4/c1-14(2)12(17)13-7-8-4-5-10(18-3)9(6-8)11(15)16/h4-6H,7H2,1-3H3,(H,13,17)(H,15,16). The number of amides is 2. The van der Waals surface area contributed by atoms with E-state index in [4.69, 9.17) is 9.84 Å². The topological polar surface area (TPSA) is 78.9 Å². The van der Waals surface area contributed by atoms with Crippen molar-refractivity contribution >= 4 is 12.0 Å². The van der Waals surface area contributed by atoms with Gasteiger partial charge in [0, 0.05) is 20.6 Å². The zero-order chi connectivity index (χ0) is 13.7. The normalized spacial score (nSPS) is 9.72. The fourth-order valence-electron chi connectivity index (χ4n) is 1.37. The maximum absolute atomic E-state index is 11.3. The largest absolute Gasteiger partial charge is 0.496 e. The quantitative estimate of drug-likeness (QED) is 0.843. The van der Waals surface area contributed by atoms with Crippen LogP contribution in [0.3, 0.4) is 0 Å². The molecule has 0 fully saturated rings. The number of aromatic carboxylic acids is 1. The van der Waals surface area contributed by atoms with E-state index in [-0.39, 0.29) is 18.1 Å². The van der Waals surface area contributed by atoms with Crippen molar-refractivity contribution in [1.29, 1.82) is 0 Å². The van der Waals surface area contributed by atoms with Gasteiger partial charge in [-0.05, 0) is 17.7 Å². The second kappa shape index (κ2) is 5.90. The summed E-state index contributed by atoms with van der Waals surface area (Å²) in [5.74, 6) is -0.766. The molecule has 1 aromatic carbocycles. The average Bonchev–Trinajstić information content (AvgIpc) is 2.35. The number of carbonyl (C=O) groups excluding carboxylic acids is 1. The van der Waals surface area contributed by atoms with E-state index in [1.165, 1.54) is 18.1 Å². The molecule has 0 aromatic heterocycles. The van der Waals surface area contributed by atoms with Gasteiger partial charge in [0.25, 0.3) is 0 Å². The first-order valence-electron chi connectivity index (χ1n) is 5.31. The highest BCUT2D eigenvalue weighted by atomic mass is 16.5. The van der Waals surface area contributed by atoms with Gasteiger partial charge in [0.15, 0.2) is 0 Å². The molecule has 0 aliphatic heterocycles. The van der Waals surface area contributed by atoms with E-state index in [9.17, 15) is 9.59 Å². The molecule has 0 saturated carbocycles. The Hall–Kier alpha value is -2.24. The van der Waals surface area contributed by atoms with Crippen LogP contribution in [0.15, 0.2) is 18.2 Å².